The van der Waals surface area contributed by atoms with Crippen LogP contribution in [0.4, 0.5) is 4.39 Å². The van der Waals surface area contributed by atoms with Gasteiger partial charge in [0.2, 0.25) is 5.43 Å². The van der Waals surface area contributed by atoms with Gasteiger partial charge < -0.3 is 9.67 Å². The van der Waals surface area contributed by atoms with Crippen LogP contribution in [0.5, 0.6) is 5.75 Å². The molecule has 2 aromatic heterocycles. The summed E-state index contributed by atoms with van der Waals surface area (Å²) in [6.07, 6.45) is 4.42. The second-order valence-electron chi connectivity index (χ2n) is 7.39. The number of nitrogens with zero attached hydrogens (tertiary/aromatic N) is 5. The fraction of sp³-hybridized carbons (Fsp3) is 0.130. The minimum atomic E-state index is -0.602. The maximum Gasteiger partial charge on any atom is 0.242 e. The van der Waals surface area contributed by atoms with E-state index >= 15 is 0 Å². The summed E-state index contributed by atoms with van der Waals surface area (Å²) in [7, 11) is 0. The Balaban J connectivity index is 1.77. The summed E-state index contributed by atoms with van der Waals surface area (Å²) in [4.78, 5) is 16.4. The third-order valence-corrected chi connectivity index (χ3v) is 5.58. The Hall–Kier alpha value is -4.25. The van der Waals surface area contributed by atoms with Gasteiger partial charge >= 0.3 is 0 Å². The number of imidazole rings is 1. The second kappa shape index (κ2) is 7.22. The first-order valence-electron chi connectivity index (χ1n) is 9.64. The molecule has 1 aliphatic heterocycles. The molecule has 0 unspecified atom stereocenters. The van der Waals surface area contributed by atoms with E-state index in [1.54, 1.807) is 41.3 Å². The number of hydrogen-bond donors (Lipinski definition) is 1. The first-order valence-corrected chi connectivity index (χ1v) is 9.64. The summed E-state index contributed by atoms with van der Waals surface area (Å²) in [5.41, 5.74) is 1.58. The lowest BCUT2D eigenvalue weighted by atomic mass is 9.83. The van der Waals surface area contributed by atoms with Crippen molar-refractivity contribution in [1.29, 1.82) is 5.26 Å². The van der Waals surface area contributed by atoms with E-state index in [0.29, 0.717) is 23.5 Å². The van der Waals surface area contributed by atoms with Crippen LogP contribution in [-0.4, -0.2) is 24.4 Å². The van der Waals surface area contributed by atoms with Gasteiger partial charge in [-0.15, -0.1) is 0 Å². The number of fused-ring (bicyclic) bond motifs is 3. The summed E-state index contributed by atoms with van der Waals surface area (Å²) in [6.45, 7) is 0.426. The minimum absolute atomic E-state index is 0.214. The Morgan fingerprint density at radius 1 is 1.19 bits per heavy atom. The van der Waals surface area contributed by atoms with Crippen molar-refractivity contribution in [1.82, 2.24) is 19.3 Å². The zero-order chi connectivity index (χ0) is 21.5. The van der Waals surface area contributed by atoms with Gasteiger partial charge in [0.1, 0.15) is 11.5 Å². The molecule has 8 heteroatoms. The van der Waals surface area contributed by atoms with Crippen molar-refractivity contribution in [2.24, 2.45) is 0 Å². The summed E-state index contributed by atoms with van der Waals surface area (Å²) >= 11 is 0. The molecule has 1 aliphatic rings. The zero-order valence-electron chi connectivity index (χ0n) is 16.2. The summed E-state index contributed by atoms with van der Waals surface area (Å²) in [6, 6.07) is 15.1. The third-order valence-electron chi connectivity index (χ3n) is 5.58. The Labute approximate surface area is 176 Å². The quantitative estimate of drug-likeness (QED) is 0.556. The smallest absolute Gasteiger partial charge is 0.242 e. The molecule has 2 aromatic carbocycles. The Morgan fingerprint density at radius 3 is 2.74 bits per heavy atom. The van der Waals surface area contributed by atoms with Crippen molar-refractivity contribution in [2.45, 2.75) is 18.5 Å². The molecule has 0 saturated heterocycles. The Morgan fingerprint density at radius 2 is 1.97 bits per heavy atom. The molecule has 0 saturated carbocycles. The van der Waals surface area contributed by atoms with Gasteiger partial charge in [-0.05, 0) is 35.4 Å². The van der Waals surface area contributed by atoms with Crippen molar-refractivity contribution in [3.8, 4) is 23.3 Å². The zero-order valence-corrected chi connectivity index (χ0v) is 16.2. The van der Waals surface area contributed by atoms with E-state index in [9.17, 15) is 19.6 Å². The third kappa shape index (κ3) is 3.07. The van der Waals surface area contributed by atoms with E-state index in [1.807, 2.05) is 16.7 Å². The number of nitriles is 1. The predicted molar refractivity (Wildman–Crippen MR) is 110 cm³/mol. The van der Waals surface area contributed by atoms with Crippen LogP contribution in [0.3, 0.4) is 0 Å². The van der Waals surface area contributed by atoms with E-state index in [2.05, 4.69) is 16.2 Å². The average molecular weight is 413 g/mol. The highest BCUT2D eigenvalue weighted by Crippen LogP contribution is 2.42. The van der Waals surface area contributed by atoms with Crippen LogP contribution in [0.1, 0.15) is 28.7 Å². The molecule has 0 spiro atoms. The van der Waals surface area contributed by atoms with Crippen molar-refractivity contribution >= 4 is 0 Å². The summed E-state index contributed by atoms with van der Waals surface area (Å²) < 4.78 is 17.6. The lowest BCUT2D eigenvalue weighted by Crippen LogP contribution is -2.32. The molecular weight excluding hydrogens is 397 g/mol. The maximum absolute atomic E-state index is 14.2. The topological polar surface area (TPSA) is 96.7 Å². The SMILES string of the molecule is N#Cc1cccc([C@H](c2cccc(F)c2)[C@H]2Cn3ccnc3-c3c(O)c(=O)cnn32)c1. The normalized spacial score (nSPS) is 15.5. The molecule has 3 heterocycles. The molecule has 4 aromatic rings. The van der Waals surface area contributed by atoms with Crippen molar-refractivity contribution in [3.05, 3.63) is 99.9 Å². The number of halogens is 1. The van der Waals surface area contributed by atoms with Gasteiger partial charge in [0.15, 0.2) is 11.6 Å². The van der Waals surface area contributed by atoms with Crippen LogP contribution in [-0.2, 0) is 6.54 Å². The van der Waals surface area contributed by atoms with Crippen molar-refractivity contribution in [3.63, 3.8) is 0 Å². The van der Waals surface area contributed by atoms with E-state index in [0.717, 1.165) is 11.8 Å². The standard InChI is InChI=1S/C23H16FN5O2/c24-17-6-2-5-16(10-17)20(15-4-1-3-14(9-15)11-25)18-13-28-8-7-26-23(28)21-22(31)19(30)12-27-29(18)21/h1-10,12,18,20,31H,13H2/t18-,20-/m1/s1. The number of aromatic hydroxyl groups is 1. The number of hydrogen-bond acceptors (Lipinski definition) is 5. The van der Waals surface area contributed by atoms with Crippen LogP contribution in [0.15, 0.2) is 71.9 Å². The number of benzene rings is 2. The van der Waals surface area contributed by atoms with E-state index in [4.69, 9.17) is 0 Å². The first kappa shape index (κ1) is 18.8. The second-order valence-corrected chi connectivity index (χ2v) is 7.39. The molecule has 7 nitrogen and oxygen atoms in total. The molecule has 0 fully saturated rings. The van der Waals surface area contributed by atoms with Gasteiger partial charge in [-0.3, -0.25) is 9.48 Å². The molecule has 0 bridgehead atoms. The van der Waals surface area contributed by atoms with E-state index in [1.165, 1.54) is 12.1 Å². The largest absolute Gasteiger partial charge is 0.503 e. The number of aromatic nitrogens is 4. The van der Waals surface area contributed by atoms with Crippen LogP contribution < -0.4 is 5.43 Å². The van der Waals surface area contributed by atoms with Crippen molar-refractivity contribution in [2.75, 3.05) is 0 Å². The fourth-order valence-electron chi connectivity index (χ4n) is 4.26. The van der Waals surface area contributed by atoms with Crippen LogP contribution in [0, 0.1) is 17.1 Å². The maximum atomic E-state index is 14.2. The highest BCUT2D eigenvalue weighted by molar-refractivity contribution is 5.60. The van der Waals surface area contributed by atoms with Gasteiger partial charge in [0.25, 0.3) is 0 Å². The predicted octanol–water partition coefficient (Wildman–Crippen LogP) is 3.21. The molecule has 0 amide bonds. The molecule has 0 aliphatic carbocycles. The first-order chi connectivity index (χ1) is 15.1. The van der Waals surface area contributed by atoms with E-state index in [-0.39, 0.29) is 11.5 Å². The van der Waals surface area contributed by atoms with Gasteiger partial charge in [-0.2, -0.15) is 10.4 Å². The van der Waals surface area contributed by atoms with Gasteiger partial charge in [0, 0.05) is 24.9 Å². The molecule has 0 radical (unpaired) electrons. The highest BCUT2D eigenvalue weighted by atomic mass is 19.1. The lowest BCUT2D eigenvalue weighted by molar-refractivity contribution is 0.331. The van der Waals surface area contributed by atoms with Crippen molar-refractivity contribution < 1.29 is 9.50 Å². The molecule has 31 heavy (non-hydrogen) atoms. The fourth-order valence-corrected chi connectivity index (χ4v) is 4.26. The van der Waals surface area contributed by atoms with Crippen LogP contribution >= 0.6 is 0 Å². The van der Waals surface area contributed by atoms with E-state index < -0.39 is 23.1 Å². The summed E-state index contributed by atoms with van der Waals surface area (Å²) in [5, 5.41) is 24.2. The van der Waals surface area contributed by atoms with Crippen LogP contribution in [0.2, 0.25) is 0 Å². The Kier molecular flexibility index (Phi) is 4.37. The molecule has 5 rings (SSSR count). The monoisotopic (exact) mass is 413 g/mol. The number of rotatable bonds is 3. The molecule has 152 valence electrons. The van der Waals surface area contributed by atoms with Gasteiger partial charge in [-0.25, -0.2) is 9.37 Å². The van der Waals surface area contributed by atoms with Gasteiger partial charge in [-0.1, -0.05) is 24.3 Å². The van der Waals surface area contributed by atoms with Gasteiger partial charge in [0.05, 0.1) is 23.9 Å². The Bertz CT molecular complexity index is 1400. The molecule has 2 atom stereocenters. The lowest BCUT2D eigenvalue weighted by Gasteiger charge is -2.34. The molecule has 1 N–H and O–H groups in total. The van der Waals surface area contributed by atoms with Crippen LogP contribution in [0.25, 0.3) is 11.5 Å². The highest BCUT2D eigenvalue weighted by Gasteiger charge is 2.35. The summed E-state index contributed by atoms with van der Waals surface area (Å²) in [5.74, 6) is -0.791. The average Bonchev–Trinajstić information content (AvgIpc) is 3.25. The molecular formula is C23H16FN5O2. The minimum Gasteiger partial charge on any atom is -0.503 e.